The van der Waals surface area contributed by atoms with E-state index >= 15 is 0 Å². The number of nitrogens with one attached hydrogen (secondary N) is 1. The fourth-order valence-corrected chi connectivity index (χ4v) is 2.64. The van der Waals surface area contributed by atoms with Crippen LogP contribution in [-0.4, -0.2) is 18.7 Å². The monoisotopic (exact) mass is 291 g/mol. The van der Waals surface area contributed by atoms with Gasteiger partial charge in [0.15, 0.2) is 0 Å². The van der Waals surface area contributed by atoms with Gasteiger partial charge >= 0.3 is 0 Å². The zero-order chi connectivity index (χ0) is 14.9. The molecule has 1 aromatic carbocycles. The first-order valence-corrected chi connectivity index (χ1v) is 7.10. The topological polar surface area (TPSA) is 20.2 Å². The molecule has 20 heavy (non-hydrogen) atoms. The van der Waals surface area contributed by atoms with Gasteiger partial charge in [0.1, 0.15) is 0 Å². The largest absolute Gasteiger partial charge is 0.381 e. The minimum absolute atomic E-state index is 0.765. The van der Waals surface area contributed by atoms with Gasteiger partial charge in [0.2, 0.25) is 0 Å². The van der Waals surface area contributed by atoms with Crippen molar-refractivity contribution < 1.29 is 0 Å². The van der Waals surface area contributed by atoms with Gasteiger partial charge in [-0.15, -0.1) is 0 Å². The number of nitrogens with zero attached hydrogens (tertiary/aromatic N) is 2. The van der Waals surface area contributed by atoms with Crippen molar-refractivity contribution in [1.29, 1.82) is 0 Å². The summed E-state index contributed by atoms with van der Waals surface area (Å²) in [4.78, 5) is 2.01. The number of anilines is 2. The van der Waals surface area contributed by atoms with Crippen LogP contribution in [-0.2, 0) is 13.6 Å². The first-order chi connectivity index (χ1) is 9.40. The minimum atomic E-state index is 0.765. The van der Waals surface area contributed by atoms with E-state index in [0.29, 0.717) is 0 Å². The van der Waals surface area contributed by atoms with Gasteiger partial charge in [0.05, 0.1) is 10.7 Å². The third-order valence-electron chi connectivity index (χ3n) is 3.79. The molecule has 0 amide bonds. The molecule has 0 aliphatic heterocycles. The molecule has 108 valence electrons. The highest BCUT2D eigenvalue weighted by Crippen LogP contribution is 2.27. The molecule has 0 spiro atoms. The highest BCUT2D eigenvalue weighted by atomic mass is 35.5. The zero-order valence-electron chi connectivity index (χ0n) is 12.8. The Morgan fingerprint density at radius 3 is 2.40 bits per heavy atom. The van der Waals surface area contributed by atoms with Crippen molar-refractivity contribution in [3.63, 3.8) is 0 Å². The molecule has 1 N–H and O–H groups in total. The summed E-state index contributed by atoms with van der Waals surface area (Å²) in [7, 11) is 6.08. The lowest BCUT2D eigenvalue weighted by molar-refractivity contribution is 0.837. The number of hydrogen-bond acceptors (Lipinski definition) is 2. The Morgan fingerprint density at radius 1 is 1.20 bits per heavy atom. The van der Waals surface area contributed by atoms with E-state index in [1.54, 1.807) is 0 Å². The molecule has 0 aliphatic rings. The maximum Gasteiger partial charge on any atom is 0.0659 e. The maximum absolute atomic E-state index is 6.28. The van der Waals surface area contributed by atoms with Crippen molar-refractivity contribution in [2.45, 2.75) is 20.4 Å². The van der Waals surface area contributed by atoms with E-state index in [-0.39, 0.29) is 0 Å². The van der Waals surface area contributed by atoms with Crippen molar-refractivity contribution in [3.05, 3.63) is 46.2 Å². The Kier molecular flexibility index (Phi) is 4.29. The Balaban J connectivity index is 2.11. The van der Waals surface area contributed by atoms with E-state index < -0.39 is 0 Å². The molecule has 0 unspecified atom stereocenters. The lowest BCUT2D eigenvalue weighted by atomic mass is 10.2. The third-order valence-corrected chi connectivity index (χ3v) is 4.10. The summed E-state index contributed by atoms with van der Waals surface area (Å²) in [6, 6.07) is 8.29. The summed E-state index contributed by atoms with van der Waals surface area (Å²) in [5.74, 6) is 0. The van der Waals surface area contributed by atoms with Crippen LogP contribution < -0.4 is 10.2 Å². The summed E-state index contributed by atoms with van der Waals surface area (Å²) in [6.07, 6.45) is 0. The van der Waals surface area contributed by atoms with Crippen molar-refractivity contribution in [3.8, 4) is 0 Å². The second-order valence-electron chi connectivity index (χ2n) is 5.37. The van der Waals surface area contributed by atoms with E-state index in [9.17, 15) is 0 Å². The van der Waals surface area contributed by atoms with Gasteiger partial charge < -0.3 is 14.8 Å². The Bertz CT molecular complexity index is 614. The zero-order valence-corrected chi connectivity index (χ0v) is 13.5. The van der Waals surface area contributed by atoms with Gasteiger partial charge in [-0.3, -0.25) is 0 Å². The van der Waals surface area contributed by atoms with Crippen LogP contribution in [0.1, 0.15) is 17.0 Å². The Labute approximate surface area is 126 Å². The maximum atomic E-state index is 6.28. The van der Waals surface area contributed by atoms with Crippen LogP contribution >= 0.6 is 11.6 Å². The summed E-state index contributed by atoms with van der Waals surface area (Å²) in [5.41, 5.74) is 5.97. The minimum Gasteiger partial charge on any atom is -0.381 e. The molecule has 0 radical (unpaired) electrons. The lowest BCUT2D eigenvalue weighted by Gasteiger charge is -2.15. The molecule has 2 aromatic rings. The van der Waals surface area contributed by atoms with Crippen molar-refractivity contribution in [2.75, 3.05) is 24.3 Å². The number of hydrogen-bond donors (Lipinski definition) is 1. The van der Waals surface area contributed by atoms with Crippen LogP contribution in [0.2, 0.25) is 5.02 Å². The predicted octanol–water partition coefficient (Wildman–Crippen LogP) is 3.97. The molecule has 1 heterocycles. The molecule has 0 saturated heterocycles. The van der Waals surface area contributed by atoms with Crippen molar-refractivity contribution in [1.82, 2.24) is 4.57 Å². The van der Waals surface area contributed by atoms with Gasteiger partial charge in [0, 0.05) is 44.8 Å². The standard InChI is InChI=1S/C16H22ClN3/c1-11-8-13(12(2)20(11)5)10-18-14-6-7-16(19(3)4)15(17)9-14/h6-9,18H,10H2,1-5H3. The van der Waals surface area contributed by atoms with Crippen molar-refractivity contribution >= 4 is 23.0 Å². The first kappa shape index (κ1) is 14.8. The highest BCUT2D eigenvalue weighted by molar-refractivity contribution is 6.33. The summed E-state index contributed by atoms with van der Waals surface area (Å²) in [5, 5.41) is 4.20. The van der Waals surface area contributed by atoms with E-state index in [1.807, 2.05) is 31.1 Å². The second kappa shape index (κ2) is 5.80. The predicted molar refractivity (Wildman–Crippen MR) is 88.0 cm³/mol. The molecule has 0 aliphatic carbocycles. The fourth-order valence-electron chi connectivity index (χ4n) is 2.29. The second-order valence-corrected chi connectivity index (χ2v) is 5.78. The third kappa shape index (κ3) is 2.93. The normalized spacial score (nSPS) is 10.7. The van der Waals surface area contributed by atoms with Gasteiger partial charge in [-0.05, 0) is 43.7 Å². The number of rotatable bonds is 4. The fraction of sp³-hybridized carbons (Fsp3) is 0.375. The van der Waals surface area contributed by atoms with E-state index in [2.05, 4.69) is 42.9 Å². The van der Waals surface area contributed by atoms with Gasteiger partial charge in [-0.1, -0.05) is 11.6 Å². The van der Waals surface area contributed by atoms with Crippen LogP contribution in [0, 0.1) is 13.8 Å². The molecule has 3 nitrogen and oxygen atoms in total. The average molecular weight is 292 g/mol. The molecule has 4 heteroatoms. The molecular weight excluding hydrogens is 270 g/mol. The smallest absolute Gasteiger partial charge is 0.0659 e. The quantitative estimate of drug-likeness (QED) is 0.920. The van der Waals surface area contributed by atoms with Gasteiger partial charge in [-0.25, -0.2) is 0 Å². The van der Waals surface area contributed by atoms with E-state index in [4.69, 9.17) is 11.6 Å². The summed E-state index contributed by atoms with van der Waals surface area (Å²) >= 11 is 6.28. The van der Waals surface area contributed by atoms with Crippen LogP contribution in [0.25, 0.3) is 0 Å². The lowest BCUT2D eigenvalue weighted by Crippen LogP contribution is -2.09. The average Bonchev–Trinajstić information content (AvgIpc) is 2.63. The molecule has 0 atom stereocenters. The van der Waals surface area contributed by atoms with Crippen LogP contribution in [0.4, 0.5) is 11.4 Å². The number of halogens is 1. The van der Waals surface area contributed by atoms with Crippen molar-refractivity contribution in [2.24, 2.45) is 7.05 Å². The molecule has 1 aromatic heterocycles. The molecule has 0 bridgehead atoms. The SMILES string of the molecule is Cc1cc(CNc2ccc(N(C)C)c(Cl)c2)c(C)n1C. The van der Waals surface area contributed by atoms with Gasteiger partial charge in [0.25, 0.3) is 0 Å². The van der Waals surface area contributed by atoms with E-state index in [1.165, 1.54) is 17.0 Å². The molecule has 0 fully saturated rings. The number of aryl methyl sites for hydroxylation is 1. The van der Waals surface area contributed by atoms with Crippen LogP contribution in [0.3, 0.4) is 0 Å². The Hall–Kier alpha value is -1.61. The summed E-state index contributed by atoms with van der Waals surface area (Å²) in [6.45, 7) is 5.08. The van der Waals surface area contributed by atoms with E-state index in [0.717, 1.165) is 22.9 Å². The molecule has 2 rings (SSSR count). The highest BCUT2D eigenvalue weighted by Gasteiger charge is 2.07. The van der Waals surface area contributed by atoms with Crippen LogP contribution in [0.5, 0.6) is 0 Å². The first-order valence-electron chi connectivity index (χ1n) is 6.72. The molecule has 0 saturated carbocycles. The summed E-state index contributed by atoms with van der Waals surface area (Å²) < 4.78 is 2.21. The molecular formula is C16H22ClN3. The Morgan fingerprint density at radius 2 is 1.90 bits per heavy atom. The van der Waals surface area contributed by atoms with Gasteiger partial charge in [-0.2, -0.15) is 0 Å². The van der Waals surface area contributed by atoms with Crippen LogP contribution in [0.15, 0.2) is 24.3 Å². The number of aromatic nitrogens is 1. The number of benzene rings is 1.